The van der Waals surface area contributed by atoms with Crippen LogP contribution in [0.15, 0.2) is 42.6 Å². The normalized spacial score (nSPS) is 10.0. The Morgan fingerprint density at radius 2 is 1.83 bits per heavy atom. The standard InChI is InChI=1S/C15H14Cl2N4OS/c16-12-4-1-10(2-5-12)7-8-18-15(23)21-20-14(22)11-3-6-13(17)19-9-11/h1-6,9H,7-8H2,(H,20,22)(H2,18,21,23). The average Bonchev–Trinajstić information content (AvgIpc) is 2.55. The lowest BCUT2D eigenvalue weighted by molar-refractivity contribution is 0.0943. The summed E-state index contributed by atoms with van der Waals surface area (Å²) in [4.78, 5) is 15.7. The molecule has 1 amide bonds. The van der Waals surface area contributed by atoms with E-state index in [0.29, 0.717) is 27.4 Å². The Morgan fingerprint density at radius 3 is 2.48 bits per heavy atom. The summed E-state index contributed by atoms with van der Waals surface area (Å²) in [5, 5.41) is 4.36. The molecular formula is C15H14Cl2N4OS. The van der Waals surface area contributed by atoms with E-state index in [4.69, 9.17) is 35.4 Å². The molecule has 0 aliphatic heterocycles. The van der Waals surface area contributed by atoms with E-state index < -0.39 is 0 Å². The first-order chi connectivity index (χ1) is 11.0. The van der Waals surface area contributed by atoms with Crippen LogP contribution in [-0.4, -0.2) is 22.5 Å². The van der Waals surface area contributed by atoms with Crippen molar-refractivity contribution in [2.24, 2.45) is 0 Å². The fourth-order valence-corrected chi connectivity index (χ4v) is 2.10. The molecule has 8 heteroatoms. The summed E-state index contributed by atoms with van der Waals surface area (Å²) in [6.45, 7) is 0.631. The van der Waals surface area contributed by atoms with Gasteiger partial charge in [0.15, 0.2) is 5.11 Å². The highest BCUT2D eigenvalue weighted by Gasteiger charge is 2.06. The van der Waals surface area contributed by atoms with Gasteiger partial charge in [-0.2, -0.15) is 0 Å². The van der Waals surface area contributed by atoms with Crippen LogP contribution in [0.5, 0.6) is 0 Å². The molecular weight excluding hydrogens is 355 g/mol. The van der Waals surface area contributed by atoms with Crippen molar-refractivity contribution < 1.29 is 4.79 Å². The molecule has 0 atom stereocenters. The molecule has 0 fully saturated rings. The third-order valence-electron chi connectivity index (χ3n) is 2.89. The van der Waals surface area contributed by atoms with Crippen LogP contribution in [-0.2, 0) is 6.42 Å². The second kappa shape index (κ2) is 8.67. The smallest absolute Gasteiger partial charge is 0.271 e. The summed E-state index contributed by atoms with van der Waals surface area (Å²) < 4.78 is 0. The van der Waals surface area contributed by atoms with Crippen LogP contribution in [0.4, 0.5) is 0 Å². The number of nitrogens with one attached hydrogen (secondary N) is 3. The molecule has 0 radical (unpaired) electrons. The quantitative estimate of drug-likeness (QED) is 0.439. The van der Waals surface area contributed by atoms with Gasteiger partial charge in [0.2, 0.25) is 0 Å². The molecule has 0 spiro atoms. The molecule has 0 saturated carbocycles. The van der Waals surface area contributed by atoms with Gasteiger partial charge in [0.05, 0.1) is 5.56 Å². The summed E-state index contributed by atoms with van der Waals surface area (Å²) in [6.07, 6.45) is 2.17. The van der Waals surface area contributed by atoms with Crippen LogP contribution < -0.4 is 16.2 Å². The van der Waals surface area contributed by atoms with Crippen LogP contribution in [0.1, 0.15) is 15.9 Å². The number of hydrogen-bond acceptors (Lipinski definition) is 3. The van der Waals surface area contributed by atoms with Crippen LogP contribution in [0.3, 0.4) is 0 Å². The summed E-state index contributed by atoms with van der Waals surface area (Å²) in [6, 6.07) is 10.7. The minimum Gasteiger partial charge on any atom is -0.361 e. The molecule has 5 nitrogen and oxygen atoms in total. The number of pyridine rings is 1. The number of amides is 1. The van der Waals surface area contributed by atoms with Crippen molar-refractivity contribution in [3.63, 3.8) is 0 Å². The number of thiocarbonyl (C=S) groups is 1. The predicted octanol–water partition coefficient (Wildman–Crippen LogP) is 2.74. The maximum absolute atomic E-state index is 11.8. The third kappa shape index (κ3) is 6.02. The molecule has 3 N–H and O–H groups in total. The van der Waals surface area contributed by atoms with Crippen LogP contribution in [0, 0.1) is 0 Å². The number of carbonyl (C=O) groups is 1. The van der Waals surface area contributed by atoms with Crippen LogP contribution >= 0.6 is 35.4 Å². The van der Waals surface area contributed by atoms with E-state index >= 15 is 0 Å². The molecule has 1 aromatic heterocycles. The molecule has 0 unspecified atom stereocenters. The Balaban J connectivity index is 1.69. The lowest BCUT2D eigenvalue weighted by Gasteiger charge is -2.11. The Morgan fingerprint density at radius 1 is 1.09 bits per heavy atom. The van der Waals surface area contributed by atoms with Crippen molar-refractivity contribution in [2.45, 2.75) is 6.42 Å². The van der Waals surface area contributed by atoms with Gasteiger partial charge in [-0.05, 0) is 48.5 Å². The van der Waals surface area contributed by atoms with Gasteiger partial charge in [0, 0.05) is 17.8 Å². The van der Waals surface area contributed by atoms with Crippen molar-refractivity contribution >= 4 is 46.4 Å². The zero-order chi connectivity index (χ0) is 16.7. The zero-order valence-corrected chi connectivity index (χ0v) is 14.3. The Hall–Kier alpha value is -1.89. The van der Waals surface area contributed by atoms with Crippen molar-refractivity contribution in [2.75, 3.05) is 6.54 Å². The summed E-state index contributed by atoms with van der Waals surface area (Å²) in [5.74, 6) is -0.351. The number of hydrazine groups is 1. The maximum Gasteiger partial charge on any atom is 0.271 e. The first-order valence-corrected chi connectivity index (χ1v) is 7.91. The number of nitrogens with zero attached hydrogens (tertiary/aromatic N) is 1. The highest BCUT2D eigenvalue weighted by molar-refractivity contribution is 7.80. The predicted molar refractivity (Wildman–Crippen MR) is 95.6 cm³/mol. The van der Waals surface area contributed by atoms with Gasteiger partial charge < -0.3 is 5.32 Å². The first-order valence-electron chi connectivity index (χ1n) is 6.75. The molecule has 0 aliphatic rings. The lowest BCUT2D eigenvalue weighted by atomic mass is 10.1. The molecule has 2 rings (SSSR count). The van der Waals surface area contributed by atoms with Gasteiger partial charge in [0.25, 0.3) is 5.91 Å². The Labute approximate surface area is 149 Å². The van der Waals surface area contributed by atoms with Gasteiger partial charge in [0.1, 0.15) is 5.15 Å². The van der Waals surface area contributed by atoms with E-state index in [-0.39, 0.29) is 5.91 Å². The minimum absolute atomic E-state index is 0.328. The SMILES string of the molecule is O=C(NNC(=S)NCCc1ccc(Cl)cc1)c1ccc(Cl)nc1. The largest absolute Gasteiger partial charge is 0.361 e. The topological polar surface area (TPSA) is 66.1 Å². The van der Waals surface area contributed by atoms with Crippen LogP contribution in [0.25, 0.3) is 0 Å². The minimum atomic E-state index is -0.351. The fourth-order valence-electron chi connectivity index (χ4n) is 1.71. The second-order valence-corrected chi connectivity index (χ2v) is 5.81. The molecule has 2 aromatic rings. The highest BCUT2D eigenvalue weighted by Crippen LogP contribution is 2.09. The molecule has 23 heavy (non-hydrogen) atoms. The number of carbonyl (C=O) groups excluding carboxylic acids is 1. The Kier molecular flexibility index (Phi) is 6.58. The number of hydrogen-bond donors (Lipinski definition) is 3. The lowest BCUT2D eigenvalue weighted by Crippen LogP contribution is -2.47. The van der Waals surface area contributed by atoms with E-state index in [1.165, 1.54) is 6.20 Å². The van der Waals surface area contributed by atoms with Crippen LogP contribution in [0.2, 0.25) is 10.2 Å². The first kappa shape index (κ1) is 17.5. The van der Waals surface area contributed by atoms with E-state index in [0.717, 1.165) is 12.0 Å². The molecule has 0 saturated heterocycles. The zero-order valence-electron chi connectivity index (χ0n) is 12.0. The van der Waals surface area contributed by atoms with Gasteiger partial charge in [-0.3, -0.25) is 15.6 Å². The molecule has 120 valence electrons. The number of aromatic nitrogens is 1. The van der Waals surface area contributed by atoms with Crippen molar-refractivity contribution in [1.82, 2.24) is 21.2 Å². The summed E-state index contributed by atoms with van der Waals surface area (Å²) in [7, 11) is 0. The highest BCUT2D eigenvalue weighted by atomic mass is 35.5. The van der Waals surface area contributed by atoms with Crippen molar-refractivity contribution in [3.8, 4) is 0 Å². The van der Waals surface area contributed by atoms with E-state index in [9.17, 15) is 4.79 Å². The molecule has 1 heterocycles. The van der Waals surface area contributed by atoms with Gasteiger partial charge >= 0.3 is 0 Å². The van der Waals surface area contributed by atoms with Gasteiger partial charge in [-0.15, -0.1) is 0 Å². The van der Waals surface area contributed by atoms with Gasteiger partial charge in [-0.25, -0.2) is 4.98 Å². The number of rotatable bonds is 4. The third-order valence-corrected chi connectivity index (χ3v) is 3.61. The maximum atomic E-state index is 11.8. The number of benzene rings is 1. The molecule has 1 aromatic carbocycles. The molecule has 0 aliphatic carbocycles. The fraction of sp³-hybridized carbons (Fsp3) is 0.133. The van der Waals surface area contributed by atoms with E-state index in [2.05, 4.69) is 21.2 Å². The van der Waals surface area contributed by atoms with Crippen molar-refractivity contribution in [3.05, 3.63) is 63.9 Å². The van der Waals surface area contributed by atoms with Crippen molar-refractivity contribution in [1.29, 1.82) is 0 Å². The monoisotopic (exact) mass is 368 g/mol. The van der Waals surface area contributed by atoms with E-state index in [1.54, 1.807) is 12.1 Å². The Bertz CT molecular complexity index is 677. The summed E-state index contributed by atoms with van der Waals surface area (Å²) in [5.41, 5.74) is 6.63. The van der Waals surface area contributed by atoms with Gasteiger partial charge in [-0.1, -0.05) is 35.3 Å². The average molecular weight is 369 g/mol. The summed E-state index contributed by atoms with van der Waals surface area (Å²) >= 11 is 16.6. The number of halogens is 2. The van der Waals surface area contributed by atoms with E-state index in [1.807, 2.05) is 24.3 Å². The molecule has 0 bridgehead atoms. The second-order valence-electron chi connectivity index (χ2n) is 4.58.